The van der Waals surface area contributed by atoms with Crippen molar-refractivity contribution in [2.45, 2.75) is 64.8 Å². The van der Waals surface area contributed by atoms with Crippen molar-refractivity contribution in [1.82, 2.24) is 10.2 Å². The molecule has 0 spiro atoms. The fourth-order valence-electron chi connectivity index (χ4n) is 3.69. The monoisotopic (exact) mass is 252 g/mol. The first kappa shape index (κ1) is 14.3. The van der Waals surface area contributed by atoms with Crippen LogP contribution in [-0.4, -0.2) is 37.1 Å². The van der Waals surface area contributed by atoms with Gasteiger partial charge in [-0.15, -0.1) is 0 Å². The maximum absolute atomic E-state index is 3.87. The quantitative estimate of drug-likeness (QED) is 0.755. The summed E-state index contributed by atoms with van der Waals surface area (Å²) >= 11 is 0. The molecule has 2 rings (SSSR count). The average molecular weight is 252 g/mol. The minimum atomic E-state index is 0.817. The Bertz CT molecular complexity index is 229. The van der Waals surface area contributed by atoms with Crippen LogP contribution in [0.5, 0.6) is 0 Å². The molecule has 1 saturated carbocycles. The highest BCUT2D eigenvalue weighted by atomic mass is 15.1. The van der Waals surface area contributed by atoms with Gasteiger partial charge < -0.3 is 10.2 Å². The van der Waals surface area contributed by atoms with Crippen LogP contribution in [0, 0.1) is 11.8 Å². The number of hydrogen-bond acceptors (Lipinski definition) is 2. The Kier molecular flexibility index (Phi) is 5.97. The van der Waals surface area contributed by atoms with Crippen LogP contribution in [0.4, 0.5) is 0 Å². The zero-order valence-electron chi connectivity index (χ0n) is 12.5. The lowest BCUT2D eigenvalue weighted by Gasteiger charge is -2.20. The summed E-state index contributed by atoms with van der Waals surface area (Å²) in [4.78, 5) is 2.59. The maximum atomic E-state index is 3.87. The van der Waals surface area contributed by atoms with Crippen molar-refractivity contribution in [2.24, 2.45) is 11.8 Å². The summed E-state index contributed by atoms with van der Waals surface area (Å²) in [6, 6.07) is 0.817. The van der Waals surface area contributed by atoms with Crippen molar-refractivity contribution in [3.8, 4) is 0 Å². The fourth-order valence-corrected chi connectivity index (χ4v) is 3.69. The average Bonchev–Trinajstić information content (AvgIpc) is 2.74. The number of likely N-dealkylation sites (tertiary alicyclic amines) is 1. The van der Waals surface area contributed by atoms with Gasteiger partial charge in [0.1, 0.15) is 0 Å². The highest BCUT2D eigenvalue weighted by Gasteiger charge is 2.23. The van der Waals surface area contributed by atoms with Gasteiger partial charge in [0.05, 0.1) is 0 Å². The third-order valence-electron chi connectivity index (χ3n) is 5.18. The van der Waals surface area contributed by atoms with Gasteiger partial charge in [-0.1, -0.05) is 33.1 Å². The number of nitrogens with one attached hydrogen (secondary N) is 1. The van der Waals surface area contributed by atoms with Crippen LogP contribution in [-0.2, 0) is 0 Å². The van der Waals surface area contributed by atoms with E-state index in [0.29, 0.717) is 0 Å². The van der Waals surface area contributed by atoms with Crippen molar-refractivity contribution >= 4 is 0 Å². The van der Waals surface area contributed by atoms with Crippen LogP contribution in [0.1, 0.15) is 58.8 Å². The maximum Gasteiger partial charge on any atom is 0.00672 e. The van der Waals surface area contributed by atoms with Gasteiger partial charge in [-0.2, -0.15) is 0 Å². The van der Waals surface area contributed by atoms with Gasteiger partial charge in [0.15, 0.2) is 0 Å². The molecule has 2 aliphatic rings. The fraction of sp³-hybridized carbons (Fsp3) is 1.00. The van der Waals surface area contributed by atoms with E-state index in [9.17, 15) is 0 Å². The van der Waals surface area contributed by atoms with E-state index in [4.69, 9.17) is 0 Å². The second kappa shape index (κ2) is 7.49. The molecule has 1 heterocycles. The normalized spacial score (nSPS) is 34.7. The van der Waals surface area contributed by atoms with E-state index in [-0.39, 0.29) is 0 Å². The van der Waals surface area contributed by atoms with Gasteiger partial charge in [-0.3, -0.25) is 0 Å². The molecule has 3 atom stereocenters. The van der Waals surface area contributed by atoms with Crippen LogP contribution in [0.2, 0.25) is 0 Å². The number of rotatable bonds is 5. The van der Waals surface area contributed by atoms with Crippen LogP contribution in [0.15, 0.2) is 0 Å². The first-order valence-electron chi connectivity index (χ1n) is 8.27. The Morgan fingerprint density at radius 1 is 1.00 bits per heavy atom. The first-order valence-corrected chi connectivity index (χ1v) is 8.27. The predicted octanol–water partition coefficient (Wildman–Crippen LogP) is 3.28. The largest absolute Gasteiger partial charge is 0.314 e. The highest BCUT2D eigenvalue weighted by Crippen LogP contribution is 2.25. The van der Waals surface area contributed by atoms with Crippen molar-refractivity contribution in [3.05, 3.63) is 0 Å². The molecule has 2 heteroatoms. The minimum Gasteiger partial charge on any atom is -0.314 e. The van der Waals surface area contributed by atoms with Gasteiger partial charge in [0.25, 0.3) is 0 Å². The summed E-state index contributed by atoms with van der Waals surface area (Å²) in [6.45, 7) is 9.79. The van der Waals surface area contributed by atoms with Gasteiger partial charge in [0.2, 0.25) is 0 Å². The topological polar surface area (TPSA) is 15.3 Å². The van der Waals surface area contributed by atoms with E-state index in [0.717, 1.165) is 17.9 Å². The van der Waals surface area contributed by atoms with E-state index >= 15 is 0 Å². The first-order chi connectivity index (χ1) is 8.81. The van der Waals surface area contributed by atoms with Gasteiger partial charge >= 0.3 is 0 Å². The third-order valence-corrected chi connectivity index (χ3v) is 5.18. The van der Waals surface area contributed by atoms with Crippen molar-refractivity contribution in [1.29, 1.82) is 0 Å². The van der Waals surface area contributed by atoms with Crippen LogP contribution >= 0.6 is 0 Å². The molecule has 1 aliphatic heterocycles. The molecule has 0 aromatic heterocycles. The molecule has 0 radical (unpaired) electrons. The lowest BCUT2D eigenvalue weighted by Crippen LogP contribution is -2.34. The van der Waals surface area contributed by atoms with Crippen molar-refractivity contribution in [2.75, 3.05) is 26.2 Å². The summed E-state index contributed by atoms with van der Waals surface area (Å²) in [5.41, 5.74) is 0. The van der Waals surface area contributed by atoms with E-state index in [2.05, 4.69) is 24.1 Å². The molecule has 0 aromatic rings. The van der Waals surface area contributed by atoms with E-state index < -0.39 is 0 Å². The summed E-state index contributed by atoms with van der Waals surface area (Å²) in [6.07, 6.45) is 10.0. The molecule has 3 unspecified atom stereocenters. The standard InChI is InChI=1S/C16H32N2/c1-3-14-6-5-7-16(9-8-14)17-12-15-10-11-18(4-2)13-15/h14-17H,3-13H2,1-2H3. The second-order valence-electron chi connectivity index (χ2n) is 6.44. The van der Waals surface area contributed by atoms with Crippen LogP contribution in [0.3, 0.4) is 0 Å². The molecule has 0 bridgehead atoms. The summed E-state index contributed by atoms with van der Waals surface area (Å²) < 4.78 is 0. The molecular weight excluding hydrogens is 220 g/mol. The van der Waals surface area contributed by atoms with Gasteiger partial charge in [-0.25, -0.2) is 0 Å². The van der Waals surface area contributed by atoms with E-state index in [1.165, 1.54) is 71.1 Å². The predicted molar refractivity (Wildman–Crippen MR) is 78.9 cm³/mol. The third kappa shape index (κ3) is 4.24. The molecule has 2 fully saturated rings. The summed E-state index contributed by atoms with van der Waals surface area (Å²) in [7, 11) is 0. The van der Waals surface area contributed by atoms with Crippen molar-refractivity contribution in [3.63, 3.8) is 0 Å². The number of hydrogen-bond donors (Lipinski definition) is 1. The highest BCUT2D eigenvalue weighted by molar-refractivity contribution is 4.80. The molecule has 18 heavy (non-hydrogen) atoms. The molecule has 0 aromatic carbocycles. The van der Waals surface area contributed by atoms with E-state index in [1.807, 2.05) is 0 Å². The lowest BCUT2D eigenvalue weighted by molar-refractivity contribution is 0.331. The van der Waals surface area contributed by atoms with Crippen molar-refractivity contribution < 1.29 is 0 Å². The zero-order valence-corrected chi connectivity index (χ0v) is 12.5. The Morgan fingerprint density at radius 2 is 1.89 bits per heavy atom. The smallest absolute Gasteiger partial charge is 0.00672 e. The van der Waals surface area contributed by atoms with E-state index in [1.54, 1.807) is 0 Å². The summed E-state index contributed by atoms with van der Waals surface area (Å²) in [5, 5.41) is 3.87. The SMILES string of the molecule is CCC1CCCC(NCC2CCN(CC)C2)CC1. The summed E-state index contributed by atoms with van der Waals surface area (Å²) in [5.74, 6) is 1.93. The van der Waals surface area contributed by atoms with Crippen LogP contribution in [0.25, 0.3) is 0 Å². The molecule has 1 saturated heterocycles. The second-order valence-corrected chi connectivity index (χ2v) is 6.44. The Morgan fingerprint density at radius 3 is 2.61 bits per heavy atom. The molecule has 1 N–H and O–H groups in total. The molecule has 2 nitrogen and oxygen atoms in total. The van der Waals surface area contributed by atoms with Crippen LogP contribution < -0.4 is 5.32 Å². The number of nitrogens with zero attached hydrogens (tertiary/aromatic N) is 1. The molecule has 1 aliphatic carbocycles. The zero-order chi connectivity index (χ0) is 12.8. The molecule has 106 valence electrons. The lowest BCUT2D eigenvalue weighted by atomic mass is 9.98. The molecular formula is C16H32N2. The Hall–Kier alpha value is -0.0800. The van der Waals surface area contributed by atoms with Gasteiger partial charge in [-0.05, 0) is 57.2 Å². The van der Waals surface area contributed by atoms with Gasteiger partial charge in [0, 0.05) is 12.6 Å². The Balaban J connectivity index is 1.64. The molecule has 0 amide bonds. The minimum absolute atomic E-state index is 0.817. The Labute approximate surface area is 114 Å².